The van der Waals surface area contributed by atoms with Crippen LogP contribution in [-0.2, 0) is 0 Å². The van der Waals surface area contributed by atoms with Crippen LogP contribution in [0.2, 0.25) is 0 Å². The van der Waals surface area contributed by atoms with Gasteiger partial charge in [0.1, 0.15) is 11.5 Å². The Labute approximate surface area is 306 Å². The van der Waals surface area contributed by atoms with Crippen LogP contribution in [0.3, 0.4) is 0 Å². The van der Waals surface area contributed by atoms with Gasteiger partial charge in [0.15, 0.2) is 12.4 Å². The van der Waals surface area contributed by atoms with Gasteiger partial charge in [0.05, 0.1) is 16.7 Å². The minimum absolute atomic E-state index is 0.373. The van der Waals surface area contributed by atoms with E-state index in [1.54, 1.807) is 0 Å². The predicted molar refractivity (Wildman–Crippen MR) is 212 cm³/mol. The summed E-state index contributed by atoms with van der Waals surface area (Å²) in [6, 6.07) is 46.6. The van der Waals surface area contributed by atoms with Crippen LogP contribution in [0.15, 0.2) is 133 Å². The molecule has 0 atom stereocenters. The Morgan fingerprint density at radius 3 is 1.44 bits per heavy atom. The van der Waals surface area contributed by atoms with E-state index < -0.39 is 13.9 Å². The van der Waals surface area contributed by atoms with Crippen molar-refractivity contribution in [1.82, 2.24) is 0 Å². The molecule has 0 aliphatic carbocycles. The number of ether oxygens (including phenoxy) is 2. The number of nitrogens with zero attached hydrogens (tertiary/aromatic N) is 2. The average Bonchev–Trinajstić information content (AvgIpc) is 3.16. The molecule has 0 saturated carbocycles. The van der Waals surface area contributed by atoms with Gasteiger partial charge in [0.2, 0.25) is 11.4 Å². The van der Waals surface area contributed by atoms with E-state index in [2.05, 4.69) is 121 Å². The quantitative estimate of drug-likeness (QED) is 0.140. The SMILES string of the molecule is Cc1cccc2c1OC[N+](c1cc(C)c(C(=O)O)c(C)c1)=C2.Cc1cccc2c1OC[N+](c1ccc(P(c3ccccc3)c3ccccc3)cc1)=C2. The molecule has 7 heteroatoms. The number of carbonyl (C=O) groups is 1. The van der Waals surface area contributed by atoms with Gasteiger partial charge in [-0.15, -0.1) is 0 Å². The highest BCUT2D eigenvalue weighted by atomic mass is 31.1. The monoisotopic (exact) mass is 704 g/mol. The van der Waals surface area contributed by atoms with Gasteiger partial charge in [-0.05, 0) is 98.0 Å². The molecule has 6 aromatic rings. The molecule has 0 fully saturated rings. The van der Waals surface area contributed by atoms with Crippen molar-refractivity contribution in [3.63, 3.8) is 0 Å². The molecule has 1 N–H and O–H groups in total. The first kappa shape index (κ1) is 34.6. The largest absolute Gasteiger partial charge is 0.478 e. The third-order valence-corrected chi connectivity index (χ3v) is 11.7. The molecule has 0 saturated heterocycles. The van der Waals surface area contributed by atoms with E-state index in [1.807, 2.05) is 61.9 Å². The van der Waals surface area contributed by atoms with Gasteiger partial charge < -0.3 is 14.6 Å². The topological polar surface area (TPSA) is 61.8 Å². The first-order valence-corrected chi connectivity index (χ1v) is 18.6. The van der Waals surface area contributed by atoms with Gasteiger partial charge >= 0.3 is 5.97 Å². The van der Waals surface area contributed by atoms with Crippen LogP contribution in [0.1, 0.15) is 43.7 Å². The zero-order chi connectivity index (χ0) is 36.2. The van der Waals surface area contributed by atoms with Crippen molar-refractivity contribution >= 4 is 53.6 Å². The minimum Gasteiger partial charge on any atom is -0.478 e. The maximum absolute atomic E-state index is 11.3. The van der Waals surface area contributed by atoms with Crippen molar-refractivity contribution in [3.05, 3.63) is 172 Å². The van der Waals surface area contributed by atoms with Crippen molar-refractivity contribution in [2.45, 2.75) is 27.7 Å². The van der Waals surface area contributed by atoms with Gasteiger partial charge in [-0.2, -0.15) is 9.15 Å². The first-order chi connectivity index (χ1) is 25.3. The Balaban J connectivity index is 0.000000170. The highest BCUT2D eigenvalue weighted by Gasteiger charge is 2.24. The molecule has 6 nitrogen and oxygen atoms in total. The lowest BCUT2D eigenvalue weighted by Gasteiger charge is -2.19. The van der Waals surface area contributed by atoms with Gasteiger partial charge in [0, 0.05) is 24.3 Å². The lowest BCUT2D eigenvalue weighted by molar-refractivity contribution is -0.476. The number of hydrogen-bond acceptors (Lipinski definition) is 3. The molecule has 8 rings (SSSR count). The van der Waals surface area contributed by atoms with E-state index in [4.69, 9.17) is 9.47 Å². The summed E-state index contributed by atoms with van der Waals surface area (Å²) in [5, 5.41) is 13.3. The van der Waals surface area contributed by atoms with Crippen LogP contribution in [0.4, 0.5) is 11.4 Å². The average molecular weight is 705 g/mol. The first-order valence-electron chi connectivity index (χ1n) is 17.3. The molecule has 52 heavy (non-hydrogen) atoms. The Morgan fingerprint density at radius 2 is 0.981 bits per heavy atom. The van der Waals surface area contributed by atoms with Crippen molar-refractivity contribution in [2.75, 3.05) is 13.5 Å². The fraction of sp³-hybridized carbons (Fsp3) is 0.133. The third-order valence-electron chi connectivity index (χ3n) is 9.30. The number of aromatic carboxylic acids is 1. The molecule has 0 spiro atoms. The maximum atomic E-state index is 11.3. The molecule has 0 aromatic heterocycles. The summed E-state index contributed by atoms with van der Waals surface area (Å²) < 4.78 is 16.1. The van der Waals surface area contributed by atoms with Crippen molar-refractivity contribution < 1.29 is 28.5 Å². The van der Waals surface area contributed by atoms with Crippen LogP contribution in [0, 0.1) is 27.7 Å². The second-order valence-corrected chi connectivity index (χ2v) is 15.2. The van der Waals surface area contributed by atoms with Crippen LogP contribution in [-0.4, -0.2) is 46.1 Å². The highest BCUT2D eigenvalue weighted by molar-refractivity contribution is 7.79. The molecule has 2 heterocycles. The van der Waals surface area contributed by atoms with E-state index in [0.29, 0.717) is 19.0 Å². The standard InChI is InChI=1S/C27H23NOP.C18H17NO3/c1-21-9-8-10-22-19-28(20-29-27(21)22)23-15-17-26(18-16-23)30(24-11-4-2-5-12-24)25-13-6-3-7-14-25;1-11-5-4-6-14-9-19(10-22-17(11)14)15-7-12(2)16(18(20)21)13(3)8-15/h2-19H,20H2,1H3;4-9H,10H2,1-3H3/q+1;/p+1. The van der Waals surface area contributed by atoms with Crippen molar-refractivity contribution in [1.29, 1.82) is 0 Å². The minimum atomic E-state index is -0.888. The summed E-state index contributed by atoms with van der Waals surface area (Å²) >= 11 is 0. The number of para-hydroxylation sites is 2. The molecule has 6 aromatic carbocycles. The number of carboxylic acids is 1. The van der Waals surface area contributed by atoms with Crippen LogP contribution >= 0.6 is 7.92 Å². The Morgan fingerprint density at radius 1 is 0.538 bits per heavy atom. The zero-order valence-corrected chi connectivity index (χ0v) is 30.7. The number of benzene rings is 6. The van der Waals surface area contributed by atoms with Crippen LogP contribution < -0.4 is 25.4 Å². The summed E-state index contributed by atoms with van der Waals surface area (Å²) in [6.45, 7) is 8.71. The Hall–Kier alpha value is -5.84. The maximum Gasteiger partial charge on any atom is 0.336 e. The summed E-state index contributed by atoms with van der Waals surface area (Å²) in [7, 11) is -0.582. The van der Waals surface area contributed by atoms with Gasteiger partial charge in [-0.1, -0.05) is 84.9 Å². The van der Waals surface area contributed by atoms with E-state index in [1.165, 1.54) is 21.5 Å². The Kier molecular flexibility index (Phi) is 10.1. The lowest BCUT2D eigenvalue weighted by Crippen LogP contribution is -2.22. The molecule has 0 bridgehead atoms. The van der Waals surface area contributed by atoms with E-state index >= 15 is 0 Å². The molecule has 2 aliphatic rings. The summed E-state index contributed by atoms with van der Waals surface area (Å²) in [5.74, 6) is 1.01. The number of fused-ring (bicyclic) bond motifs is 2. The van der Waals surface area contributed by atoms with Crippen molar-refractivity contribution in [3.8, 4) is 11.5 Å². The number of hydrogen-bond donors (Lipinski definition) is 1. The second-order valence-electron chi connectivity index (χ2n) is 13.0. The molecule has 0 amide bonds. The molecular weight excluding hydrogens is 663 g/mol. The molecule has 0 radical (unpaired) electrons. The summed E-state index contributed by atoms with van der Waals surface area (Å²) in [4.78, 5) is 11.3. The van der Waals surface area contributed by atoms with Crippen LogP contribution in [0.25, 0.3) is 0 Å². The van der Waals surface area contributed by atoms with Crippen molar-refractivity contribution in [2.24, 2.45) is 0 Å². The lowest BCUT2D eigenvalue weighted by atomic mass is 10.0. The van der Waals surface area contributed by atoms with E-state index in [0.717, 1.165) is 50.7 Å². The summed E-state index contributed by atoms with van der Waals surface area (Å²) in [5.41, 5.74) is 8.41. The van der Waals surface area contributed by atoms with Gasteiger partial charge in [-0.25, -0.2) is 4.79 Å². The Bertz CT molecular complexity index is 2250. The number of rotatable bonds is 6. The summed E-state index contributed by atoms with van der Waals surface area (Å²) in [6.07, 6.45) is 4.22. The number of carboxylic acid groups (broad SMARTS) is 1. The highest BCUT2D eigenvalue weighted by Crippen LogP contribution is 2.34. The fourth-order valence-electron chi connectivity index (χ4n) is 6.76. The van der Waals surface area contributed by atoms with Gasteiger partial charge in [0.25, 0.3) is 13.5 Å². The van der Waals surface area contributed by atoms with Gasteiger partial charge in [-0.3, -0.25) is 0 Å². The second kappa shape index (κ2) is 15.2. The predicted octanol–water partition coefficient (Wildman–Crippen LogP) is 8.29. The molecule has 258 valence electrons. The van der Waals surface area contributed by atoms with E-state index in [9.17, 15) is 9.90 Å². The number of aryl methyl sites for hydroxylation is 4. The smallest absolute Gasteiger partial charge is 0.336 e. The fourth-order valence-corrected chi connectivity index (χ4v) is 9.05. The molecule has 0 unspecified atom stereocenters. The zero-order valence-electron chi connectivity index (χ0n) is 29.8. The molecule has 2 aliphatic heterocycles. The third kappa shape index (κ3) is 7.30. The van der Waals surface area contributed by atoms with E-state index in [-0.39, 0.29) is 0 Å². The molecular formula is C45H41N2O4P+2. The van der Waals surface area contributed by atoms with Crippen LogP contribution in [0.5, 0.6) is 11.5 Å². The normalized spacial score (nSPS) is 12.9.